The molecule has 1 aromatic carbocycles. The van der Waals surface area contributed by atoms with E-state index in [2.05, 4.69) is 17.1 Å². The van der Waals surface area contributed by atoms with Gasteiger partial charge in [0.25, 0.3) is 0 Å². The Kier molecular flexibility index (Phi) is 5.95. The van der Waals surface area contributed by atoms with Crippen LogP contribution in [0.25, 0.3) is 11.1 Å². The molecular weight excluding hydrogens is 278 g/mol. The van der Waals surface area contributed by atoms with Crippen molar-refractivity contribution in [2.75, 3.05) is 6.61 Å². The second-order valence-corrected chi connectivity index (χ2v) is 5.25. The van der Waals surface area contributed by atoms with E-state index in [1.807, 2.05) is 37.3 Å². The third-order valence-corrected chi connectivity index (χ3v) is 3.32. The number of carboxylic acid groups (broad SMARTS) is 1. The van der Waals surface area contributed by atoms with Crippen molar-refractivity contribution >= 4 is 5.97 Å². The van der Waals surface area contributed by atoms with Crippen LogP contribution in [0.4, 0.5) is 0 Å². The molecule has 0 saturated carbocycles. The molecule has 2 rings (SSSR count). The summed E-state index contributed by atoms with van der Waals surface area (Å²) in [5, 5.41) is 8.58. The Hall–Kier alpha value is -2.36. The Bertz CT molecular complexity index is 611. The Morgan fingerprint density at radius 1 is 1.09 bits per heavy atom. The Labute approximate surface area is 130 Å². The summed E-state index contributed by atoms with van der Waals surface area (Å²) in [5.74, 6) is -0.120. The number of nitrogens with zero attached hydrogens (tertiary/aromatic N) is 1. The molecule has 0 radical (unpaired) electrons. The van der Waals surface area contributed by atoms with Crippen LogP contribution in [0.5, 0.6) is 5.88 Å². The maximum Gasteiger partial charge on any atom is 0.303 e. The van der Waals surface area contributed by atoms with E-state index in [-0.39, 0.29) is 6.42 Å². The number of aryl methyl sites for hydroxylation is 1. The summed E-state index contributed by atoms with van der Waals surface area (Å²) >= 11 is 0. The zero-order chi connectivity index (χ0) is 15.8. The fraction of sp³-hybridized carbons (Fsp3) is 0.333. The molecule has 22 heavy (non-hydrogen) atoms. The largest absolute Gasteiger partial charge is 0.481 e. The average molecular weight is 299 g/mol. The van der Waals surface area contributed by atoms with Crippen LogP contribution in [0.3, 0.4) is 0 Å². The van der Waals surface area contributed by atoms with Crippen LogP contribution in [0.1, 0.15) is 31.4 Å². The highest BCUT2D eigenvalue weighted by atomic mass is 16.5. The highest BCUT2D eigenvalue weighted by Gasteiger charge is 2.04. The second-order valence-electron chi connectivity index (χ2n) is 5.25. The SMILES string of the molecule is Cc1cc(-c2ccccc2)cc(OCCCCCC(=O)O)n1. The monoisotopic (exact) mass is 299 g/mol. The van der Waals surface area contributed by atoms with E-state index < -0.39 is 5.97 Å². The van der Waals surface area contributed by atoms with Gasteiger partial charge in [0, 0.05) is 18.2 Å². The van der Waals surface area contributed by atoms with Gasteiger partial charge in [0.05, 0.1) is 6.61 Å². The van der Waals surface area contributed by atoms with Gasteiger partial charge in [-0.25, -0.2) is 4.98 Å². The first-order chi connectivity index (χ1) is 10.6. The van der Waals surface area contributed by atoms with Gasteiger partial charge in [-0.3, -0.25) is 4.79 Å². The molecule has 116 valence electrons. The van der Waals surface area contributed by atoms with Crippen LogP contribution in [-0.2, 0) is 4.79 Å². The number of hydrogen-bond acceptors (Lipinski definition) is 3. The quantitative estimate of drug-likeness (QED) is 0.746. The zero-order valence-electron chi connectivity index (χ0n) is 12.8. The summed E-state index contributed by atoms with van der Waals surface area (Å²) in [6.45, 7) is 2.51. The predicted molar refractivity (Wildman–Crippen MR) is 86.0 cm³/mol. The Morgan fingerprint density at radius 2 is 1.86 bits per heavy atom. The molecule has 1 N–H and O–H groups in total. The first kappa shape index (κ1) is 16.0. The first-order valence-corrected chi connectivity index (χ1v) is 7.54. The van der Waals surface area contributed by atoms with E-state index in [0.29, 0.717) is 18.9 Å². The molecule has 0 amide bonds. The highest BCUT2D eigenvalue weighted by molar-refractivity contribution is 5.66. The van der Waals surface area contributed by atoms with Gasteiger partial charge in [-0.1, -0.05) is 30.3 Å². The van der Waals surface area contributed by atoms with Crippen LogP contribution in [0.2, 0.25) is 0 Å². The molecule has 0 aliphatic rings. The molecular formula is C18H21NO3. The van der Waals surface area contributed by atoms with Gasteiger partial charge >= 0.3 is 5.97 Å². The number of pyridine rings is 1. The van der Waals surface area contributed by atoms with Crippen LogP contribution >= 0.6 is 0 Å². The lowest BCUT2D eigenvalue weighted by Crippen LogP contribution is -2.01. The molecule has 1 aromatic heterocycles. The number of carboxylic acids is 1. The van der Waals surface area contributed by atoms with E-state index in [0.717, 1.165) is 29.7 Å². The minimum Gasteiger partial charge on any atom is -0.481 e. The second kappa shape index (κ2) is 8.17. The number of carbonyl (C=O) groups is 1. The number of aliphatic carboxylic acids is 1. The topological polar surface area (TPSA) is 59.4 Å². The molecule has 4 nitrogen and oxygen atoms in total. The van der Waals surface area contributed by atoms with Crippen LogP contribution in [0.15, 0.2) is 42.5 Å². The fourth-order valence-electron chi connectivity index (χ4n) is 2.24. The molecule has 0 bridgehead atoms. The molecule has 0 aliphatic carbocycles. The number of hydrogen-bond donors (Lipinski definition) is 1. The van der Waals surface area contributed by atoms with Crippen molar-refractivity contribution in [2.45, 2.75) is 32.6 Å². The predicted octanol–water partition coefficient (Wildman–Crippen LogP) is 4.08. The molecule has 0 atom stereocenters. The Morgan fingerprint density at radius 3 is 2.59 bits per heavy atom. The van der Waals surface area contributed by atoms with Crippen molar-refractivity contribution in [3.05, 3.63) is 48.2 Å². The lowest BCUT2D eigenvalue weighted by atomic mass is 10.1. The normalized spacial score (nSPS) is 10.4. The summed E-state index contributed by atoms with van der Waals surface area (Å²) in [5.41, 5.74) is 3.15. The van der Waals surface area contributed by atoms with E-state index in [4.69, 9.17) is 9.84 Å². The lowest BCUT2D eigenvalue weighted by Gasteiger charge is -2.09. The summed E-state index contributed by atoms with van der Waals surface area (Å²) in [6, 6.07) is 14.1. The standard InChI is InChI=1S/C18H21NO3/c1-14-12-16(15-8-4-2-5-9-15)13-17(19-14)22-11-7-3-6-10-18(20)21/h2,4-5,8-9,12-13H,3,6-7,10-11H2,1H3,(H,20,21). The van der Waals surface area contributed by atoms with Crippen LogP contribution in [0, 0.1) is 6.92 Å². The number of aromatic nitrogens is 1. The molecule has 0 aliphatic heterocycles. The maximum atomic E-state index is 10.4. The minimum absolute atomic E-state index is 0.223. The third kappa shape index (κ3) is 5.20. The minimum atomic E-state index is -0.742. The molecule has 1 heterocycles. The molecule has 0 fully saturated rings. The summed E-state index contributed by atoms with van der Waals surface area (Å²) in [6.07, 6.45) is 2.60. The third-order valence-electron chi connectivity index (χ3n) is 3.32. The number of unbranched alkanes of at least 4 members (excludes halogenated alkanes) is 2. The molecule has 0 spiro atoms. The number of benzene rings is 1. The molecule has 0 saturated heterocycles. The summed E-state index contributed by atoms with van der Waals surface area (Å²) < 4.78 is 5.70. The maximum absolute atomic E-state index is 10.4. The summed E-state index contributed by atoms with van der Waals surface area (Å²) in [7, 11) is 0. The average Bonchev–Trinajstić information content (AvgIpc) is 2.51. The lowest BCUT2D eigenvalue weighted by molar-refractivity contribution is -0.137. The van der Waals surface area contributed by atoms with Crippen molar-refractivity contribution in [1.29, 1.82) is 0 Å². The molecule has 2 aromatic rings. The highest BCUT2D eigenvalue weighted by Crippen LogP contribution is 2.23. The molecule has 4 heteroatoms. The van der Waals surface area contributed by atoms with Gasteiger partial charge in [-0.05, 0) is 43.4 Å². The van der Waals surface area contributed by atoms with Crippen molar-refractivity contribution < 1.29 is 14.6 Å². The van der Waals surface area contributed by atoms with Gasteiger partial charge in [0.2, 0.25) is 5.88 Å². The van der Waals surface area contributed by atoms with Gasteiger partial charge in [-0.2, -0.15) is 0 Å². The van der Waals surface area contributed by atoms with Crippen molar-refractivity contribution in [2.24, 2.45) is 0 Å². The smallest absolute Gasteiger partial charge is 0.303 e. The van der Waals surface area contributed by atoms with Crippen LogP contribution < -0.4 is 4.74 Å². The Balaban J connectivity index is 1.89. The number of rotatable bonds is 8. The van der Waals surface area contributed by atoms with Gasteiger partial charge < -0.3 is 9.84 Å². The van der Waals surface area contributed by atoms with E-state index >= 15 is 0 Å². The first-order valence-electron chi connectivity index (χ1n) is 7.54. The molecule has 0 unspecified atom stereocenters. The fourth-order valence-corrected chi connectivity index (χ4v) is 2.24. The van der Waals surface area contributed by atoms with Crippen LogP contribution in [-0.4, -0.2) is 22.7 Å². The van der Waals surface area contributed by atoms with Crippen molar-refractivity contribution in [3.63, 3.8) is 0 Å². The van der Waals surface area contributed by atoms with E-state index in [9.17, 15) is 4.79 Å². The van der Waals surface area contributed by atoms with E-state index in [1.165, 1.54) is 0 Å². The van der Waals surface area contributed by atoms with Gasteiger partial charge in [0.15, 0.2) is 0 Å². The van der Waals surface area contributed by atoms with Crippen molar-refractivity contribution in [3.8, 4) is 17.0 Å². The van der Waals surface area contributed by atoms with E-state index in [1.54, 1.807) is 0 Å². The zero-order valence-corrected chi connectivity index (χ0v) is 12.8. The van der Waals surface area contributed by atoms with Gasteiger partial charge in [-0.15, -0.1) is 0 Å². The van der Waals surface area contributed by atoms with Gasteiger partial charge in [0.1, 0.15) is 0 Å². The van der Waals surface area contributed by atoms with Crippen molar-refractivity contribution in [1.82, 2.24) is 4.98 Å². The summed E-state index contributed by atoms with van der Waals surface area (Å²) in [4.78, 5) is 14.8. The number of ether oxygens (including phenoxy) is 1.